The van der Waals surface area contributed by atoms with Crippen LogP contribution in [-0.2, 0) is 36.2 Å². The van der Waals surface area contributed by atoms with E-state index in [1.807, 2.05) is 0 Å². The van der Waals surface area contributed by atoms with E-state index in [1.54, 1.807) is 6.07 Å². The third-order valence-corrected chi connectivity index (χ3v) is 7.48. The van der Waals surface area contributed by atoms with Crippen molar-refractivity contribution in [1.82, 2.24) is 9.03 Å². The molecule has 0 heterocycles. The minimum absolute atomic E-state index is 0.0236. The molecule has 2 aromatic rings. The van der Waals surface area contributed by atoms with Crippen LogP contribution in [-0.4, -0.2) is 54.4 Å². The van der Waals surface area contributed by atoms with Gasteiger partial charge in [0.2, 0.25) is 20.0 Å². The van der Waals surface area contributed by atoms with Crippen LogP contribution in [0.4, 0.5) is 0 Å². The topological polar surface area (TPSA) is 119 Å². The van der Waals surface area contributed by atoms with Crippen molar-refractivity contribution in [3.05, 3.63) is 54.1 Å². The normalized spacial score (nSPS) is 13.1. The maximum atomic E-state index is 12.4. The van der Waals surface area contributed by atoms with E-state index in [4.69, 9.17) is 9.47 Å². The summed E-state index contributed by atoms with van der Waals surface area (Å²) < 4.78 is 62.7. The van der Waals surface area contributed by atoms with Crippen LogP contribution in [0, 0.1) is 0 Å². The minimum atomic E-state index is -3.94. The lowest BCUT2D eigenvalue weighted by Crippen LogP contribution is -2.39. The second-order valence-corrected chi connectivity index (χ2v) is 10.4. The van der Waals surface area contributed by atoms with Gasteiger partial charge in [0.25, 0.3) is 0 Å². The number of hydrogen-bond donors (Lipinski definition) is 1. The molecule has 0 aliphatic rings. The maximum absolute atomic E-state index is 12.4. The van der Waals surface area contributed by atoms with Crippen LogP contribution in [0.3, 0.4) is 0 Å². The van der Waals surface area contributed by atoms with Gasteiger partial charge in [0.05, 0.1) is 16.9 Å². The summed E-state index contributed by atoms with van der Waals surface area (Å²) in [6.45, 7) is 1.15. The Morgan fingerprint density at radius 1 is 1.03 bits per heavy atom. The van der Waals surface area contributed by atoms with Crippen LogP contribution in [0.1, 0.15) is 12.5 Å². The van der Waals surface area contributed by atoms with Gasteiger partial charge in [-0.2, -0.15) is 4.72 Å². The molecule has 1 N–H and O–H groups in total. The van der Waals surface area contributed by atoms with Crippen molar-refractivity contribution in [1.29, 1.82) is 0 Å². The molecule has 0 spiro atoms. The molecule has 0 unspecified atom stereocenters. The van der Waals surface area contributed by atoms with Gasteiger partial charge in [0.1, 0.15) is 18.4 Å². The van der Waals surface area contributed by atoms with Crippen molar-refractivity contribution in [2.75, 3.05) is 21.2 Å². The largest absolute Gasteiger partial charge is 0.497 e. The Balaban J connectivity index is 2.02. The van der Waals surface area contributed by atoms with Crippen LogP contribution in [0.2, 0.25) is 0 Å². The van der Waals surface area contributed by atoms with E-state index in [9.17, 15) is 21.6 Å². The third kappa shape index (κ3) is 5.79. The summed E-state index contributed by atoms with van der Waals surface area (Å²) in [7, 11) is -3.27. The van der Waals surface area contributed by atoms with Crippen molar-refractivity contribution in [3.8, 4) is 5.75 Å². The number of rotatable bonds is 9. The molecule has 11 heteroatoms. The molecule has 164 valence electrons. The van der Waals surface area contributed by atoms with Gasteiger partial charge in [-0.25, -0.2) is 21.1 Å². The molecule has 0 fully saturated rings. The summed E-state index contributed by atoms with van der Waals surface area (Å²) in [5, 5.41) is 0. The maximum Gasteiger partial charge on any atom is 0.324 e. The second-order valence-electron chi connectivity index (χ2n) is 6.56. The zero-order chi connectivity index (χ0) is 22.5. The van der Waals surface area contributed by atoms with Crippen LogP contribution in [0.15, 0.2) is 58.3 Å². The summed E-state index contributed by atoms with van der Waals surface area (Å²) in [6, 6.07) is 10.5. The number of methoxy groups -OCH3 is 1. The highest BCUT2D eigenvalue weighted by atomic mass is 32.2. The number of benzene rings is 2. The molecular formula is C19H24N2O7S2. The highest BCUT2D eigenvalue weighted by Crippen LogP contribution is 2.17. The zero-order valence-electron chi connectivity index (χ0n) is 17.0. The fourth-order valence-corrected chi connectivity index (χ4v) is 4.55. The summed E-state index contributed by atoms with van der Waals surface area (Å²) in [6.07, 6.45) is 0. The molecule has 2 aromatic carbocycles. The highest BCUT2D eigenvalue weighted by Gasteiger charge is 2.23. The van der Waals surface area contributed by atoms with E-state index in [2.05, 4.69) is 4.72 Å². The lowest BCUT2D eigenvalue weighted by molar-refractivity contribution is -0.146. The minimum Gasteiger partial charge on any atom is -0.497 e. The average molecular weight is 457 g/mol. The van der Waals surface area contributed by atoms with Gasteiger partial charge in [0, 0.05) is 14.1 Å². The average Bonchev–Trinajstić information content (AvgIpc) is 2.71. The number of hydrogen-bond acceptors (Lipinski definition) is 7. The first-order valence-electron chi connectivity index (χ1n) is 8.82. The van der Waals surface area contributed by atoms with E-state index in [1.165, 1.54) is 70.6 Å². The fraction of sp³-hybridized carbons (Fsp3) is 0.316. The van der Waals surface area contributed by atoms with Crippen molar-refractivity contribution >= 4 is 26.0 Å². The van der Waals surface area contributed by atoms with Crippen LogP contribution in [0.25, 0.3) is 0 Å². The van der Waals surface area contributed by atoms with Gasteiger partial charge in [-0.15, -0.1) is 0 Å². The summed E-state index contributed by atoms with van der Waals surface area (Å²) >= 11 is 0. The number of esters is 1. The quantitative estimate of drug-likeness (QED) is 0.566. The Bertz CT molecular complexity index is 1100. The predicted octanol–water partition coefficient (Wildman–Crippen LogP) is 1.36. The number of nitrogens with one attached hydrogen (secondary N) is 1. The molecule has 0 radical (unpaired) electrons. The van der Waals surface area contributed by atoms with Gasteiger partial charge < -0.3 is 9.47 Å². The second kappa shape index (κ2) is 9.56. The standard InChI is InChI=1S/C19H24N2O7S2/c1-14(20-29(23,24)17-10-8-16(27-4)9-11-17)19(22)28-13-15-6-5-7-18(12-15)30(25,26)21(2)3/h5-12,14,20H,13H2,1-4H3/t14-/m0/s1. The number of carbonyl (C=O) groups is 1. The summed E-state index contributed by atoms with van der Waals surface area (Å²) in [5.41, 5.74) is 0.455. The molecule has 0 aromatic heterocycles. The predicted molar refractivity (Wildman–Crippen MR) is 110 cm³/mol. The Morgan fingerprint density at radius 2 is 1.67 bits per heavy atom. The number of nitrogens with zero attached hydrogens (tertiary/aromatic N) is 1. The van der Waals surface area contributed by atoms with Gasteiger partial charge in [0.15, 0.2) is 0 Å². The fourth-order valence-electron chi connectivity index (χ4n) is 2.39. The molecule has 9 nitrogen and oxygen atoms in total. The summed E-state index contributed by atoms with van der Waals surface area (Å²) in [5.74, 6) is -0.298. The van der Waals surface area contributed by atoms with Crippen molar-refractivity contribution in [2.24, 2.45) is 0 Å². The number of sulfonamides is 2. The van der Waals surface area contributed by atoms with Crippen molar-refractivity contribution in [2.45, 2.75) is 29.4 Å². The Labute approximate surface area is 176 Å². The smallest absolute Gasteiger partial charge is 0.324 e. The van der Waals surface area contributed by atoms with Crippen LogP contribution in [0.5, 0.6) is 5.75 Å². The lowest BCUT2D eigenvalue weighted by Gasteiger charge is -2.15. The first kappa shape index (κ1) is 23.8. The molecule has 0 aliphatic heterocycles. The molecule has 0 amide bonds. The SMILES string of the molecule is COc1ccc(S(=O)(=O)N[C@@H](C)C(=O)OCc2cccc(S(=O)(=O)N(C)C)c2)cc1. The monoisotopic (exact) mass is 456 g/mol. The summed E-state index contributed by atoms with van der Waals surface area (Å²) in [4.78, 5) is 12.3. The Hall–Kier alpha value is -2.47. The van der Waals surface area contributed by atoms with E-state index < -0.39 is 32.1 Å². The lowest BCUT2D eigenvalue weighted by atomic mass is 10.2. The van der Waals surface area contributed by atoms with Gasteiger partial charge in [-0.3, -0.25) is 4.79 Å². The molecule has 30 heavy (non-hydrogen) atoms. The van der Waals surface area contributed by atoms with E-state index in [-0.39, 0.29) is 16.4 Å². The molecule has 0 saturated carbocycles. The van der Waals surface area contributed by atoms with E-state index in [0.29, 0.717) is 11.3 Å². The van der Waals surface area contributed by atoms with Crippen LogP contribution >= 0.6 is 0 Å². The van der Waals surface area contributed by atoms with E-state index in [0.717, 1.165) is 4.31 Å². The number of ether oxygens (including phenoxy) is 2. The molecule has 0 aliphatic carbocycles. The highest BCUT2D eigenvalue weighted by molar-refractivity contribution is 7.89. The Morgan fingerprint density at radius 3 is 2.23 bits per heavy atom. The first-order valence-corrected chi connectivity index (χ1v) is 11.7. The molecule has 2 rings (SSSR count). The first-order chi connectivity index (χ1) is 14.0. The van der Waals surface area contributed by atoms with Gasteiger partial charge >= 0.3 is 5.97 Å². The molecule has 0 saturated heterocycles. The third-order valence-electron chi connectivity index (χ3n) is 4.11. The van der Waals surface area contributed by atoms with Gasteiger partial charge in [-0.1, -0.05) is 12.1 Å². The molecular weight excluding hydrogens is 432 g/mol. The van der Waals surface area contributed by atoms with Gasteiger partial charge in [-0.05, 0) is 48.9 Å². The molecule has 0 bridgehead atoms. The van der Waals surface area contributed by atoms with E-state index >= 15 is 0 Å². The Kier molecular flexibility index (Phi) is 7.59. The van der Waals surface area contributed by atoms with Crippen molar-refractivity contribution in [3.63, 3.8) is 0 Å². The van der Waals surface area contributed by atoms with Crippen molar-refractivity contribution < 1.29 is 31.1 Å². The zero-order valence-corrected chi connectivity index (χ0v) is 18.7. The molecule has 1 atom stereocenters. The van der Waals surface area contributed by atoms with Crippen LogP contribution < -0.4 is 9.46 Å². The number of carbonyl (C=O) groups excluding carboxylic acids is 1.